The highest BCUT2D eigenvalue weighted by Gasteiger charge is 2.05. The van der Waals surface area contributed by atoms with Crippen molar-refractivity contribution < 1.29 is 0 Å². The molecule has 0 fully saturated rings. The summed E-state index contributed by atoms with van der Waals surface area (Å²) in [5.41, 5.74) is 2.15. The van der Waals surface area contributed by atoms with Gasteiger partial charge in [0.25, 0.3) is 0 Å². The van der Waals surface area contributed by atoms with Crippen LogP contribution in [0, 0.1) is 6.92 Å². The average Bonchev–Trinajstić information content (AvgIpc) is 2.78. The maximum atomic E-state index is 6.14. The summed E-state index contributed by atoms with van der Waals surface area (Å²) in [7, 11) is 0. The number of aryl methyl sites for hydroxylation is 1. The van der Waals surface area contributed by atoms with E-state index in [9.17, 15) is 0 Å². The summed E-state index contributed by atoms with van der Waals surface area (Å²) in [6.45, 7) is 5.87. The van der Waals surface area contributed by atoms with Crippen LogP contribution in [-0.2, 0) is 6.54 Å². The molecule has 0 aliphatic carbocycles. The average molecular weight is 265 g/mol. The van der Waals surface area contributed by atoms with Gasteiger partial charge in [0.15, 0.2) is 5.82 Å². The fraction of sp³-hybridized carbons (Fsp3) is 0.385. The Kier molecular flexibility index (Phi) is 4.33. The number of rotatable bonds is 5. The summed E-state index contributed by atoms with van der Waals surface area (Å²) in [6.07, 6.45) is 6.54. The van der Waals surface area contributed by atoms with Crippen molar-refractivity contribution in [3.05, 3.63) is 40.8 Å². The minimum absolute atomic E-state index is 0.686. The SMILES string of the molecule is CCCNCc1cc(-n2cc(C)cn2)ncc1Cl. The molecule has 96 valence electrons. The molecule has 0 atom stereocenters. The minimum Gasteiger partial charge on any atom is -0.313 e. The molecule has 0 spiro atoms. The van der Waals surface area contributed by atoms with E-state index in [1.165, 1.54) is 0 Å². The van der Waals surface area contributed by atoms with Gasteiger partial charge in [-0.2, -0.15) is 5.10 Å². The monoisotopic (exact) mass is 264 g/mol. The lowest BCUT2D eigenvalue weighted by molar-refractivity contribution is 0.674. The van der Waals surface area contributed by atoms with Crippen molar-refractivity contribution in [2.75, 3.05) is 6.54 Å². The Morgan fingerprint density at radius 2 is 2.22 bits per heavy atom. The zero-order chi connectivity index (χ0) is 13.0. The molecule has 0 saturated carbocycles. The molecule has 2 rings (SSSR count). The van der Waals surface area contributed by atoms with Gasteiger partial charge in [-0.1, -0.05) is 18.5 Å². The standard InChI is InChI=1S/C13H17ClN4/c1-3-4-15-7-11-5-13(16-8-12(11)14)18-9-10(2)6-17-18/h5-6,8-9,15H,3-4,7H2,1-2H3. The Morgan fingerprint density at radius 3 is 2.89 bits per heavy atom. The minimum atomic E-state index is 0.686. The molecule has 0 bridgehead atoms. The van der Waals surface area contributed by atoms with Crippen LogP contribution in [0.25, 0.3) is 5.82 Å². The van der Waals surface area contributed by atoms with Crippen LogP contribution < -0.4 is 5.32 Å². The van der Waals surface area contributed by atoms with Crippen LogP contribution in [0.5, 0.6) is 0 Å². The Bertz CT molecular complexity index is 521. The first kappa shape index (κ1) is 13.1. The molecule has 0 unspecified atom stereocenters. The van der Waals surface area contributed by atoms with Crippen molar-refractivity contribution >= 4 is 11.6 Å². The van der Waals surface area contributed by atoms with E-state index in [0.29, 0.717) is 5.02 Å². The zero-order valence-electron chi connectivity index (χ0n) is 10.7. The summed E-state index contributed by atoms with van der Waals surface area (Å²) in [6, 6.07) is 1.97. The van der Waals surface area contributed by atoms with Crippen LogP contribution in [0.1, 0.15) is 24.5 Å². The van der Waals surface area contributed by atoms with Gasteiger partial charge in [0.1, 0.15) is 0 Å². The lowest BCUT2D eigenvalue weighted by Crippen LogP contribution is -2.14. The van der Waals surface area contributed by atoms with Crippen molar-refractivity contribution in [2.24, 2.45) is 0 Å². The predicted molar refractivity (Wildman–Crippen MR) is 73.1 cm³/mol. The first-order chi connectivity index (χ1) is 8.70. The fourth-order valence-electron chi connectivity index (χ4n) is 1.67. The fourth-order valence-corrected chi connectivity index (χ4v) is 1.84. The van der Waals surface area contributed by atoms with Gasteiger partial charge in [-0.3, -0.25) is 0 Å². The third-order valence-electron chi connectivity index (χ3n) is 2.61. The van der Waals surface area contributed by atoms with E-state index >= 15 is 0 Å². The lowest BCUT2D eigenvalue weighted by Gasteiger charge is -2.08. The Hall–Kier alpha value is -1.39. The van der Waals surface area contributed by atoms with E-state index in [2.05, 4.69) is 22.3 Å². The molecular formula is C13H17ClN4. The van der Waals surface area contributed by atoms with E-state index in [4.69, 9.17) is 11.6 Å². The third kappa shape index (κ3) is 3.09. The molecule has 18 heavy (non-hydrogen) atoms. The lowest BCUT2D eigenvalue weighted by atomic mass is 10.2. The summed E-state index contributed by atoms with van der Waals surface area (Å²) in [5, 5.41) is 8.26. The van der Waals surface area contributed by atoms with Crippen LogP contribution in [0.3, 0.4) is 0 Å². The van der Waals surface area contributed by atoms with Gasteiger partial charge < -0.3 is 5.32 Å². The summed E-state index contributed by atoms with van der Waals surface area (Å²) >= 11 is 6.14. The quantitative estimate of drug-likeness (QED) is 0.845. The maximum absolute atomic E-state index is 6.14. The van der Waals surface area contributed by atoms with Gasteiger partial charge >= 0.3 is 0 Å². The molecule has 4 nitrogen and oxygen atoms in total. The molecule has 2 heterocycles. The molecule has 0 saturated heterocycles. The van der Waals surface area contributed by atoms with Gasteiger partial charge in [-0.15, -0.1) is 0 Å². The number of hydrogen-bond acceptors (Lipinski definition) is 3. The molecule has 2 aromatic heterocycles. The smallest absolute Gasteiger partial charge is 0.153 e. The van der Waals surface area contributed by atoms with Gasteiger partial charge in [0, 0.05) is 18.9 Å². The summed E-state index contributed by atoms with van der Waals surface area (Å²) in [4.78, 5) is 4.29. The van der Waals surface area contributed by atoms with E-state index in [1.807, 2.05) is 25.4 Å². The summed E-state index contributed by atoms with van der Waals surface area (Å²) in [5.74, 6) is 0.792. The summed E-state index contributed by atoms with van der Waals surface area (Å²) < 4.78 is 1.76. The van der Waals surface area contributed by atoms with Crippen molar-refractivity contribution in [3.8, 4) is 5.82 Å². The van der Waals surface area contributed by atoms with Crippen molar-refractivity contribution in [1.82, 2.24) is 20.1 Å². The molecule has 2 aromatic rings. The molecule has 5 heteroatoms. The molecule has 0 aliphatic rings. The molecule has 1 N–H and O–H groups in total. The van der Waals surface area contributed by atoms with Crippen LogP contribution >= 0.6 is 11.6 Å². The largest absolute Gasteiger partial charge is 0.313 e. The Morgan fingerprint density at radius 1 is 1.39 bits per heavy atom. The zero-order valence-corrected chi connectivity index (χ0v) is 11.4. The number of nitrogens with zero attached hydrogens (tertiary/aromatic N) is 3. The number of halogens is 1. The first-order valence-electron chi connectivity index (χ1n) is 6.07. The van der Waals surface area contributed by atoms with Crippen LogP contribution in [0.2, 0.25) is 5.02 Å². The molecule has 0 aromatic carbocycles. The van der Waals surface area contributed by atoms with Crippen LogP contribution in [0.4, 0.5) is 0 Å². The first-order valence-corrected chi connectivity index (χ1v) is 6.45. The highest BCUT2D eigenvalue weighted by Crippen LogP contribution is 2.17. The van der Waals surface area contributed by atoms with Gasteiger partial charge in [-0.25, -0.2) is 9.67 Å². The van der Waals surface area contributed by atoms with Crippen LogP contribution in [0.15, 0.2) is 24.7 Å². The van der Waals surface area contributed by atoms with Gasteiger partial charge in [0.05, 0.1) is 11.2 Å². The Labute approximate surface area is 112 Å². The van der Waals surface area contributed by atoms with E-state index in [1.54, 1.807) is 10.9 Å². The normalized spacial score (nSPS) is 10.8. The molecule has 0 amide bonds. The molecular weight excluding hydrogens is 248 g/mol. The number of hydrogen-bond donors (Lipinski definition) is 1. The highest BCUT2D eigenvalue weighted by atomic mass is 35.5. The van der Waals surface area contributed by atoms with Crippen LogP contribution in [-0.4, -0.2) is 21.3 Å². The molecule has 0 aliphatic heterocycles. The molecule has 0 radical (unpaired) electrons. The van der Waals surface area contributed by atoms with Gasteiger partial charge in [-0.05, 0) is 37.1 Å². The van der Waals surface area contributed by atoms with E-state index in [0.717, 1.165) is 36.5 Å². The maximum Gasteiger partial charge on any atom is 0.153 e. The number of aromatic nitrogens is 3. The second kappa shape index (κ2) is 5.98. The topological polar surface area (TPSA) is 42.7 Å². The van der Waals surface area contributed by atoms with Gasteiger partial charge in [0.2, 0.25) is 0 Å². The van der Waals surface area contributed by atoms with Crippen molar-refractivity contribution in [1.29, 1.82) is 0 Å². The highest BCUT2D eigenvalue weighted by molar-refractivity contribution is 6.31. The van der Waals surface area contributed by atoms with E-state index < -0.39 is 0 Å². The number of pyridine rings is 1. The second-order valence-electron chi connectivity index (χ2n) is 4.27. The predicted octanol–water partition coefficient (Wildman–Crippen LogP) is 2.73. The van der Waals surface area contributed by atoms with E-state index in [-0.39, 0.29) is 0 Å². The number of nitrogens with one attached hydrogen (secondary N) is 1. The van der Waals surface area contributed by atoms with Crippen molar-refractivity contribution in [3.63, 3.8) is 0 Å². The second-order valence-corrected chi connectivity index (χ2v) is 4.68. The third-order valence-corrected chi connectivity index (χ3v) is 2.95. The van der Waals surface area contributed by atoms with Crippen molar-refractivity contribution in [2.45, 2.75) is 26.8 Å². The Balaban J connectivity index is 2.20.